The Bertz CT molecular complexity index is 256. The SMILES string of the molecule is Cc1ccc(NCCCCCCN)nc1. The number of hydrogen-bond acceptors (Lipinski definition) is 3. The van der Waals surface area contributed by atoms with E-state index in [1.54, 1.807) is 0 Å². The van der Waals surface area contributed by atoms with E-state index in [1.165, 1.54) is 24.8 Å². The lowest BCUT2D eigenvalue weighted by Gasteiger charge is -2.05. The largest absolute Gasteiger partial charge is 0.370 e. The third-order valence-corrected chi connectivity index (χ3v) is 2.35. The predicted octanol–water partition coefficient (Wildman–Crippen LogP) is 2.32. The van der Waals surface area contributed by atoms with E-state index >= 15 is 0 Å². The van der Waals surface area contributed by atoms with Gasteiger partial charge in [0.2, 0.25) is 0 Å². The smallest absolute Gasteiger partial charge is 0.125 e. The first-order chi connectivity index (χ1) is 7.33. The number of nitrogens with one attached hydrogen (secondary N) is 1. The van der Waals surface area contributed by atoms with Gasteiger partial charge in [0.1, 0.15) is 5.82 Å². The van der Waals surface area contributed by atoms with Crippen molar-refractivity contribution in [2.45, 2.75) is 32.6 Å². The summed E-state index contributed by atoms with van der Waals surface area (Å²) in [5.74, 6) is 0.972. The number of unbranched alkanes of at least 4 members (excludes halogenated alkanes) is 3. The molecule has 1 heterocycles. The van der Waals surface area contributed by atoms with E-state index < -0.39 is 0 Å². The van der Waals surface area contributed by atoms with E-state index in [4.69, 9.17) is 5.73 Å². The van der Waals surface area contributed by atoms with Crippen LogP contribution in [0.15, 0.2) is 18.3 Å². The Morgan fingerprint density at radius 3 is 2.67 bits per heavy atom. The maximum atomic E-state index is 5.42. The van der Waals surface area contributed by atoms with Crippen LogP contribution in [-0.4, -0.2) is 18.1 Å². The van der Waals surface area contributed by atoms with Gasteiger partial charge in [0, 0.05) is 12.7 Å². The second-order valence-corrected chi connectivity index (χ2v) is 3.85. The van der Waals surface area contributed by atoms with E-state index in [9.17, 15) is 0 Å². The fourth-order valence-electron chi connectivity index (χ4n) is 1.41. The number of nitrogens with two attached hydrogens (primary N) is 1. The summed E-state index contributed by atoms with van der Waals surface area (Å²) in [4.78, 5) is 4.28. The first-order valence-corrected chi connectivity index (χ1v) is 5.69. The molecule has 0 unspecified atom stereocenters. The number of rotatable bonds is 7. The van der Waals surface area contributed by atoms with Crippen molar-refractivity contribution >= 4 is 5.82 Å². The fourth-order valence-corrected chi connectivity index (χ4v) is 1.41. The molecule has 0 saturated carbocycles. The van der Waals surface area contributed by atoms with Gasteiger partial charge in [0.15, 0.2) is 0 Å². The van der Waals surface area contributed by atoms with Crippen LogP contribution < -0.4 is 11.1 Å². The van der Waals surface area contributed by atoms with E-state index in [0.29, 0.717) is 0 Å². The molecule has 0 spiro atoms. The zero-order chi connectivity index (χ0) is 10.9. The summed E-state index contributed by atoms with van der Waals surface area (Å²) < 4.78 is 0. The molecular weight excluding hydrogens is 186 g/mol. The zero-order valence-electron chi connectivity index (χ0n) is 9.50. The van der Waals surface area contributed by atoms with Crippen molar-refractivity contribution in [2.75, 3.05) is 18.4 Å². The van der Waals surface area contributed by atoms with Crippen LogP contribution in [0.4, 0.5) is 5.82 Å². The molecule has 1 rings (SSSR count). The van der Waals surface area contributed by atoms with Crippen molar-refractivity contribution in [2.24, 2.45) is 5.73 Å². The summed E-state index contributed by atoms with van der Waals surface area (Å²) in [6.45, 7) is 3.86. The molecule has 3 heteroatoms. The molecule has 0 radical (unpaired) electrons. The Hall–Kier alpha value is -1.09. The van der Waals surface area contributed by atoms with Crippen LogP contribution in [0, 0.1) is 6.92 Å². The van der Waals surface area contributed by atoms with Gasteiger partial charge in [-0.05, 0) is 37.9 Å². The monoisotopic (exact) mass is 207 g/mol. The van der Waals surface area contributed by atoms with Gasteiger partial charge in [-0.1, -0.05) is 18.9 Å². The van der Waals surface area contributed by atoms with E-state index in [2.05, 4.69) is 16.4 Å². The minimum atomic E-state index is 0.812. The van der Waals surface area contributed by atoms with Gasteiger partial charge in [-0.2, -0.15) is 0 Å². The van der Waals surface area contributed by atoms with Crippen molar-refractivity contribution in [1.82, 2.24) is 4.98 Å². The molecule has 0 amide bonds. The minimum absolute atomic E-state index is 0.812. The highest BCUT2D eigenvalue weighted by Crippen LogP contribution is 2.05. The normalized spacial score (nSPS) is 10.3. The van der Waals surface area contributed by atoms with Crippen LogP contribution in [0.3, 0.4) is 0 Å². The molecule has 1 aromatic heterocycles. The molecule has 0 bridgehead atoms. The molecule has 0 aromatic carbocycles. The zero-order valence-corrected chi connectivity index (χ0v) is 9.50. The highest BCUT2D eigenvalue weighted by molar-refractivity contribution is 5.34. The van der Waals surface area contributed by atoms with Gasteiger partial charge >= 0.3 is 0 Å². The highest BCUT2D eigenvalue weighted by Gasteiger charge is 1.92. The lowest BCUT2D eigenvalue weighted by Crippen LogP contribution is -2.04. The molecule has 0 saturated heterocycles. The van der Waals surface area contributed by atoms with Crippen molar-refractivity contribution < 1.29 is 0 Å². The molecule has 1 aromatic rings. The second-order valence-electron chi connectivity index (χ2n) is 3.85. The second kappa shape index (κ2) is 7.23. The van der Waals surface area contributed by atoms with Crippen LogP contribution in [0.5, 0.6) is 0 Å². The Kier molecular flexibility index (Phi) is 5.78. The van der Waals surface area contributed by atoms with Crippen LogP contribution in [0.2, 0.25) is 0 Å². The summed E-state index contributed by atoms with van der Waals surface area (Å²) in [6, 6.07) is 4.10. The summed E-state index contributed by atoms with van der Waals surface area (Å²) in [5.41, 5.74) is 6.62. The lowest BCUT2D eigenvalue weighted by molar-refractivity contribution is 0.661. The van der Waals surface area contributed by atoms with Gasteiger partial charge in [-0.15, -0.1) is 0 Å². The molecule has 0 aliphatic heterocycles. The number of anilines is 1. The minimum Gasteiger partial charge on any atom is -0.370 e. The molecular formula is C12H21N3. The topological polar surface area (TPSA) is 50.9 Å². The Labute approximate surface area is 92.1 Å². The molecule has 0 atom stereocenters. The van der Waals surface area contributed by atoms with Crippen molar-refractivity contribution in [1.29, 1.82) is 0 Å². The summed E-state index contributed by atoms with van der Waals surface area (Å²) in [5, 5.41) is 3.31. The van der Waals surface area contributed by atoms with Gasteiger partial charge in [0.05, 0.1) is 0 Å². The highest BCUT2D eigenvalue weighted by atomic mass is 15.0. The van der Waals surface area contributed by atoms with Gasteiger partial charge in [0.25, 0.3) is 0 Å². The van der Waals surface area contributed by atoms with E-state index in [-0.39, 0.29) is 0 Å². The maximum Gasteiger partial charge on any atom is 0.125 e. The van der Waals surface area contributed by atoms with Gasteiger partial charge in [-0.25, -0.2) is 4.98 Å². The lowest BCUT2D eigenvalue weighted by atomic mass is 10.2. The quantitative estimate of drug-likeness (QED) is 0.675. The Morgan fingerprint density at radius 2 is 2.00 bits per heavy atom. The van der Waals surface area contributed by atoms with Crippen LogP contribution in [0.1, 0.15) is 31.2 Å². The number of pyridine rings is 1. The van der Waals surface area contributed by atoms with Gasteiger partial charge < -0.3 is 11.1 Å². The predicted molar refractivity (Wildman–Crippen MR) is 65.0 cm³/mol. The molecule has 0 aliphatic rings. The van der Waals surface area contributed by atoms with Crippen molar-refractivity contribution in [3.63, 3.8) is 0 Å². The van der Waals surface area contributed by atoms with Crippen molar-refractivity contribution in [3.8, 4) is 0 Å². The maximum absolute atomic E-state index is 5.42. The first-order valence-electron chi connectivity index (χ1n) is 5.69. The number of aromatic nitrogens is 1. The number of hydrogen-bond donors (Lipinski definition) is 2. The average Bonchev–Trinajstić information content (AvgIpc) is 2.26. The number of aryl methyl sites for hydroxylation is 1. The fraction of sp³-hybridized carbons (Fsp3) is 0.583. The standard InChI is InChI=1S/C12H21N3/c1-11-6-7-12(15-10-11)14-9-5-3-2-4-8-13/h6-7,10H,2-5,8-9,13H2,1H3,(H,14,15). The Balaban J connectivity index is 2.07. The third-order valence-electron chi connectivity index (χ3n) is 2.35. The first kappa shape index (κ1) is 12.0. The molecule has 0 fully saturated rings. The van der Waals surface area contributed by atoms with E-state index in [0.717, 1.165) is 25.3 Å². The summed E-state index contributed by atoms with van der Waals surface area (Å²) in [7, 11) is 0. The van der Waals surface area contributed by atoms with Crippen LogP contribution in [0.25, 0.3) is 0 Å². The van der Waals surface area contributed by atoms with E-state index in [1.807, 2.05) is 19.2 Å². The molecule has 0 aliphatic carbocycles. The van der Waals surface area contributed by atoms with Crippen LogP contribution >= 0.6 is 0 Å². The molecule has 15 heavy (non-hydrogen) atoms. The van der Waals surface area contributed by atoms with Crippen LogP contribution in [-0.2, 0) is 0 Å². The Morgan fingerprint density at radius 1 is 1.20 bits per heavy atom. The summed E-state index contributed by atoms with van der Waals surface area (Å²) >= 11 is 0. The molecule has 3 nitrogen and oxygen atoms in total. The van der Waals surface area contributed by atoms with Gasteiger partial charge in [-0.3, -0.25) is 0 Å². The summed E-state index contributed by atoms with van der Waals surface area (Å²) in [6.07, 6.45) is 6.70. The average molecular weight is 207 g/mol. The number of nitrogens with zero attached hydrogens (tertiary/aromatic N) is 1. The van der Waals surface area contributed by atoms with Crippen molar-refractivity contribution in [3.05, 3.63) is 23.9 Å². The molecule has 84 valence electrons. The third kappa shape index (κ3) is 5.37. The molecule has 3 N–H and O–H groups in total.